The largest absolute Gasteiger partial charge is 0.355 e. The van der Waals surface area contributed by atoms with E-state index in [0.29, 0.717) is 18.2 Å². The molecule has 0 saturated carbocycles. The molecule has 7 heteroatoms. The SMILES string of the molecule is CN=C(NCc1ccc(C(=O)N(C)C)cc1)NCC1CCCN1Cc1ccccc1.I. The number of carbonyl (C=O) groups is 1. The highest BCUT2D eigenvalue weighted by atomic mass is 127. The number of hydrogen-bond donors (Lipinski definition) is 2. The summed E-state index contributed by atoms with van der Waals surface area (Å²) in [6.45, 7) is 3.68. The number of carbonyl (C=O) groups excluding carboxylic acids is 1. The van der Waals surface area contributed by atoms with Gasteiger partial charge in [0.05, 0.1) is 0 Å². The lowest BCUT2D eigenvalue weighted by Crippen LogP contribution is -2.44. The molecule has 0 spiro atoms. The first-order valence-corrected chi connectivity index (χ1v) is 10.6. The number of nitrogens with one attached hydrogen (secondary N) is 2. The standard InChI is InChI=1S/C24H33N5O.HI/c1-25-24(26-16-19-11-13-21(14-12-19)23(30)28(2)3)27-17-22-10-7-15-29(22)18-20-8-5-4-6-9-20;/h4-6,8-9,11-14,22H,7,10,15-18H2,1-3H3,(H2,25,26,27);1H. The summed E-state index contributed by atoms with van der Waals surface area (Å²) in [5.41, 5.74) is 3.17. The number of amides is 1. The summed E-state index contributed by atoms with van der Waals surface area (Å²) < 4.78 is 0. The van der Waals surface area contributed by atoms with Crippen molar-refractivity contribution in [1.82, 2.24) is 20.4 Å². The molecule has 0 bridgehead atoms. The van der Waals surface area contributed by atoms with E-state index in [1.54, 1.807) is 26.0 Å². The van der Waals surface area contributed by atoms with Crippen LogP contribution in [0.4, 0.5) is 0 Å². The molecule has 2 aromatic carbocycles. The average molecular weight is 535 g/mol. The molecule has 6 nitrogen and oxygen atoms in total. The van der Waals surface area contributed by atoms with Crippen LogP contribution in [0.5, 0.6) is 0 Å². The molecule has 1 amide bonds. The molecule has 2 N–H and O–H groups in total. The van der Waals surface area contributed by atoms with Crippen molar-refractivity contribution in [3.8, 4) is 0 Å². The van der Waals surface area contributed by atoms with Gasteiger partial charge < -0.3 is 15.5 Å². The molecule has 168 valence electrons. The number of halogens is 1. The number of likely N-dealkylation sites (tertiary alicyclic amines) is 1. The Morgan fingerprint density at radius 1 is 1.06 bits per heavy atom. The van der Waals surface area contributed by atoms with Crippen molar-refractivity contribution in [3.05, 3.63) is 71.3 Å². The molecule has 1 aliphatic heterocycles. The van der Waals surface area contributed by atoms with Crippen LogP contribution >= 0.6 is 24.0 Å². The van der Waals surface area contributed by atoms with E-state index in [1.807, 2.05) is 24.3 Å². The van der Waals surface area contributed by atoms with Crippen LogP contribution in [0.25, 0.3) is 0 Å². The fourth-order valence-electron chi connectivity index (χ4n) is 3.80. The maximum Gasteiger partial charge on any atom is 0.253 e. The number of guanidine groups is 1. The van der Waals surface area contributed by atoms with E-state index in [4.69, 9.17) is 0 Å². The third-order valence-corrected chi connectivity index (χ3v) is 5.52. The Kier molecular flexibility index (Phi) is 10.3. The van der Waals surface area contributed by atoms with Gasteiger partial charge in [-0.2, -0.15) is 0 Å². The Morgan fingerprint density at radius 2 is 1.77 bits per heavy atom. The minimum Gasteiger partial charge on any atom is -0.355 e. The highest BCUT2D eigenvalue weighted by Crippen LogP contribution is 2.19. The molecule has 1 heterocycles. The maximum atomic E-state index is 12.0. The number of nitrogens with zero attached hydrogens (tertiary/aromatic N) is 3. The smallest absolute Gasteiger partial charge is 0.253 e. The number of benzene rings is 2. The summed E-state index contributed by atoms with van der Waals surface area (Å²) in [7, 11) is 5.32. The van der Waals surface area contributed by atoms with E-state index < -0.39 is 0 Å². The van der Waals surface area contributed by atoms with Crippen molar-refractivity contribution in [1.29, 1.82) is 0 Å². The zero-order valence-electron chi connectivity index (χ0n) is 18.7. The summed E-state index contributed by atoms with van der Waals surface area (Å²) in [5.74, 6) is 0.818. The van der Waals surface area contributed by atoms with Crippen LogP contribution in [0.2, 0.25) is 0 Å². The van der Waals surface area contributed by atoms with E-state index >= 15 is 0 Å². The molecular formula is C24H34IN5O. The molecule has 2 aromatic rings. The van der Waals surface area contributed by atoms with Gasteiger partial charge in [-0.15, -0.1) is 24.0 Å². The van der Waals surface area contributed by atoms with Crippen molar-refractivity contribution in [3.63, 3.8) is 0 Å². The molecule has 1 saturated heterocycles. The van der Waals surface area contributed by atoms with Gasteiger partial charge in [-0.05, 0) is 42.6 Å². The van der Waals surface area contributed by atoms with Crippen LogP contribution in [-0.2, 0) is 13.1 Å². The van der Waals surface area contributed by atoms with Crippen molar-refractivity contribution in [2.45, 2.75) is 32.0 Å². The van der Waals surface area contributed by atoms with Gasteiger partial charge in [0.2, 0.25) is 0 Å². The van der Waals surface area contributed by atoms with Crippen LogP contribution in [0, 0.1) is 0 Å². The van der Waals surface area contributed by atoms with E-state index in [0.717, 1.165) is 31.2 Å². The lowest BCUT2D eigenvalue weighted by Gasteiger charge is -2.25. The Bertz CT molecular complexity index is 839. The van der Waals surface area contributed by atoms with Crippen molar-refractivity contribution < 1.29 is 4.79 Å². The third kappa shape index (κ3) is 7.50. The number of hydrogen-bond acceptors (Lipinski definition) is 3. The molecular weight excluding hydrogens is 501 g/mol. The van der Waals surface area contributed by atoms with Gasteiger partial charge in [0, 0.05) is 52.4 Å². The van der Waals surface area contributed by atoms with E-state index in [-0.39, 0.29) is 29.9 Å². The zero-order chi connectivity index (χ0) is 21.3. The van der Waals surface area contributed by atoms with Crippen LogP contribution in [0.15, 0.2) is 59.6 Å². The first-order valence-electron chi connectivity index (χ1n) is 10.6. The summed E-state index contributed by atoms with van der Waals surface area (Å²) in [4.78, 5) is 20.5. The second-order valence-electron chi connectivity index (χ2n) is 7.96. The van der Waals surface area contributed by atoms with Gasteiger partial charge in [0.15, 0.2) is 5.96 Å². The number of aliphatic imine (C=N–C) groups is 1. The van der Waals surface area contributed by atoms with Crippen molar-refractivity contribution >= 4 is 35.8 Å². The van der Waals surface area contributed by atoms with Crippen LogP contribution in [0.3, 0.4) is 0 Å². The van der Waals surface area contributed by atoms with Crippen LogP contribution in [0.1, 0.15) is 34.3 Å². The predicted octanol–water partition coefficient (Wildman–Crippen LogP) is 3.34. The van der Waals surface area contributed by atoms with E-state index in [9.17, 15) is 4.79 Å². The van der Waals surface area contributed by atoms with Gasteiger partial charge >= 0.3 is 0 Å². The van der Waals surface area contributed by atoms with Gasteiger partial charge in [-0.1, -0.05) is 42.5 Å². The van der Waals surface area contributed by atoms with Gasteiger partial charge in [0.25, 0.3) is 5.91 Å². The molecule has 1 aliphatic rings. The zero-order valence-corrected chi connectivity index (χ0v) is 21.0. The highest BCUT2D eigenvalue weighted by molar-refractivity contribution is 14.0. The monoisotopic (exact) mass is 535 g/mol. The van der Waals surface area contributed by atoms with Gasteiger partial charge in [-0.3, -0.25) is 14.7 Å². The molecule has 3 rings (SSSR count). The Hall–Kier alpha value is -2.13. The predicted molar refractivity (Wildman–Crippen MR) is 138 cm³/mol. The van der Waals surface area contributed by atoms with Crippen molar-refractivity contribution in [2.24, 2.45) is 4.99 Å². The Morgan fingerprint density at radius 3 is 2.42 bits per heavy atom. The molecule has 0 aromatic heterocycles. The summed E-state index contributed by atoms with van der Waals surface area (Å²) in [6, 6.07) is 18.9. The summed E-state index contributed by atoms with van der Waals surface area (Å²) >= 11 is 0. The molecule has 0 aliphatic carbocycles. The fraction of sp³-hybridized carbons (Fsp3) is 0.417. The lowest BCUT2D eigenvalue weighted by atomic mass is 10.1. The second kappa shape index (κ2) is 12.7. The molecule has 0 radical (unpaired) electrons. The summed E-state index contributed by atoms with van der Waals surface area (Å²) in [5, 5.41) is 6.85. The minimum absolute atomic E-state index is 0. The van der Waals surface area contributed by atoms with Gasteiger partial charge in [0.1, 0.15) is 0 Å². The first-order chi connectivity index (χ1) is 14.6. The van der Waals surface area contributed by atoms with Gasteiger partial charge in [-0.25, -0.2) is 0 Å². The van der Waals surface area contributed by atoms with E-state index in [2.05, 4.69) is 50.9 Å². The Balaban J connectivity index is 0.00000341. The normalized spacial score (nSPS) is 16.5. The van der Waals surface area contributed by atoms with Crippen LogP contribution < -0.4 is 10.6 Å². The maximum absolute atomic E-state index is 12.0. The van der Waals surface area contributed by atoms with Crippen molar-refractivity contribution in [2.75, 3.05) is 34.2 Å². The topological polar surface area (TPSA) is 60.0 Å². The third-order valence-electron chi connectivity index (χ3n) is 5.52. The first kappa shape index (κ1) is 25.1. The molecule has 1 atom stereocenters. The number of rotatable bonds is 7. The average Bonchev–Trinajstić information content (AvgIpc) is 3.21. The summed E-state index contributed by atoms with van der Waals surface area (Å²) in [6.07, 6.45) is 2.45. The quantitative estimate of drug-likeness (QED) is 0.325. The molecule has 31 heavy (non-hydrogen) atoms. The Labute approximate surface area is 203 Å². The molecule has 1 unspecified atom stereocenters. The van der Waals surface area contributed by atoms with E-state index in [1.165, 1.54) is 18.4 Å². The highest BCUT2D eigenvalue weighted by Gasteiger charge is 2.24. The van der Waals surface area contributed by atoms with Crippen LogP contribution in [-0.4, -0.2) is 61.9 Å². The second-order valence-corrected chi connectivity index (χ2v) is 7.96. The molecule has 1 fully saturated rings. The minimum atomic E-state index is 0. The fourth-order valence-corrected chi connectivity index (χ4v) is 3.80. The lowest BCUT2D eigenvalue weighted by molar-refractivity contribution is 0.0827.